The summed E-state index contributed by atoms with van der Waals surface area (Å²) in [6.07, 6.45) is -0.440. The monoisotopic (exact) mass is 324 g/mol. The average molecular weight is 324 g/mol. The van der Waals surface area contributed by atoms with Gasteiger partial charge in [0.15, 0.2) is 0 Å². The zero-order chi connectivity index (χ0) is 17.6. The lowest BCUT2D eigenvalue weighted by Gasteiger charge is -2.39. The summed E-state index contributed by atoms with van der Waals surface area (Å²) in [6, 6.07) is 2.52. The van der Waals surface area contributed by atoms with Gasteiger partial charge in [0.2, 0.25) is 5.91 Å². The molecule has 1 heterocycles. The highest BCUT2D eigenvalue weighted by Crippen LogP contribution is 2.13. The number of nitrogens with zero attached hydrogens (tertiary/aromatic N) is 4. The molecule has 1 aliphatic rings. The molecule has 6 heteroatoms. The fourth-order valence-electron chi connectivity index (χ4n) is 2.97. The van der Waals surface area contributed by atoms with E-state index in [2.05, 4.69) is 24.8 Å². The Morgan fingerprint density at radius 1 is 1.17 bits per heavy atom. The van der Waals surface area contributed by atoms with E-state index in [1.807, 2.05) is 23.6 Å². The van der Waals surface area contributed by atoms with Crippen molar-refractivity contribution in [3.63, 3.8) is 0 Å². The lowest BCUT2D eigenvalue weighted by Crippen LogP contribution is -2.55. The van der Waals surface area contributed by atoms with Gasteiger partial charge >= 0.3 is 0 Å². The molecule has 2 atom stereocenters. The molecule has 0 bridgehead atoms. The number of hydrogen-bond donors (Lipinski definition) is 1. The SMILES string of the molecule is CC(O)CN(CC(=O)N1CCN(C(C#N)C(C)C)CC1)C(C)C. The molecule has 1 amide bonds. The molecule has 1 fully saturated rings. The summed E-state index contributed by atoms with van der Waals surface area (Å²) >= 11 is 0. The Labute approximate surface area is 140 Å². The third kappa shape index (κ3) is 6.09. The summed E-state index contributed by atoms with van der Waals surface area (Å²) in [5, 5.41) is 18.9. The van der Waals surface area contributed by atoms with Crippen molar-refractivity contribution in [2.75, 3.05) is 39.3 Å². The Kier molecular flexibility index (Phi) is 7.97. The van der Waals surface area contributed by atoms with Crippen LogP contribution in [0.1, 0.15) is 34.6 Å². The van der Waals surface area contributed by atoms with Gasteiger partial charge in [-0.25, -0.2) is 0 Å². The number of rotatable bonds is 7. The number of hydrogen-bond acceptors (Lipinski definition) is 5. The maximum absolute atomic E-state index is 12.5. The fraction of sp³-hybridized carbons (Fsp3) is 0.882. The van der Waals surface area contributed by atoms with E-state index in [-0.39, 0.29) is 18.0 Å². The van der Waals surface area contributed by atoms with E-state index in [0.29, 0.717) is 32.1 Å². The molecule has 1 rings (SSSR count). The van der Waals surface area contributed by atoms with Crippen LogP contribution in [0, 0.1) is 17.2 Å². The Balaban J connectivity index is 2.53. The molecule has 2 unspecified atom stereocenters. The minimum absolute atomic E-state index is 0.0744. The van der Waals surface area contributed by atoms with Crippen LogP contribution in [0.3, 0.4) is 0 Å². The lowest BCUT2D eigenvalue weighted by molar-refractivity contribution is -0.135. The molecule has 1 aliphatic heterocycles. The molecule has 0 aliphatic carbocycles. The Morgan fingerprint density at radius 3 is 2.13 bits per heavy atom. The van der Waals surface area contributed by atoms with Crippen molar-refractivity contribution in [3.05, 3.63) is 0 Å². The van der Waals surface area contributed by atoms with Crippen molar-refractivity contribution in [1.29, 1.82) is 5.26 Å². The van der Waals surface area contributed by atoms with Gasteiger partial charge < -0.3 is 10.0 Å². The predicted molar refractivity (Wildman–Crippen MR) is 90.8 cm³/mol. The van der Waals surface area contributed by atoms with Crippen LogP contribution in [0.25, 0.3) is 0 Å². The number of nitriles is 1. The predicted octanol–water partition coefficient (Wildman–Crippen LogP) is 0.770. The third-order valence-corrected chi connectivity index (χ3v) is 4.39. The van der Waals surface area contributed by atoms with Gasteiger partial charge in [0.25, 0.3) is 0 Å². The summed E-state index contributed by atoms with van der Waals surface area (Å²) in [5.74, 6) is 0.404. The standard InChI is InChI=1S/C17H32N4O2/c1-13(2)16(10-18)19-6-8-20(9-7-19)17(23)12-21(14(3)4)11-15(5)22/h13-16,22H,6-9,11-12H2,1-5H3. The van der Waals surface area contributed by atoms with Crippen LogP contribution in [-0.2, 0) is 4.79 Å². The van der Waals surface area contributed by atoms with Crippen LogP contribution in [0.2, 0.25) is 0 Å². The van der Waals surface area contributed by atoms with Crippen LogP contribution in [0.4, 0.5) is 0 Å². The Hall–Kier alpha value is -1.16. The molecule has 1 saturated heterocycles. The van der Waals surface area contributed by atoms with E-state index < -0.39 is 6.10 Å². The summed E-state index contributed by atoms with van der Waals surface area (Å²) in [5.41, 5.74) is 0. The van der Waals surface area contributed by atoms with Crippen molar-refractivity contribution in [2.45, 2.75) is 52.8 Å². The smallest absolute Gasteiger partial charge is 0.236 e. The van der Waals surface area contributed by atoms with E-state index >= 15 is 0 Å². The number of aliphatic hydroxyl groups excluding tert-OH is 1. The number of piperazine rings is 1. The van der Waals surface area contributed by atoms with Gasteiger partial charge in [0.1, 0.15) is 6.04 Å². The number of aliphatic hydroxyl groups is 1. The van der Waals surface area contributed by atoms with Gasteiger partial charge in [-0.1, -0.05) is 13.8 Å². The fourth-order valence-corrected chi connectivity index (χ4v) is 2.97. The first kappa shape index (κ1) is 19.9. The third-order valence-electron chi connectivity index (χ3n) is 4.39. The molecular formula is C17H32N4O2. The molecule has 0 aromatic rings. The summed E-state index contributed by atoms with van der Waals surface area (Å²) in [6.45, 7) is 13.6. The van der Waals surface area contributed by atoms with E-state index in [1.165, 1.54) is 0 Å². The van der Waals surface area contributed by atoms with Gasteiger partial charge in [0.05, 0.1) is 18.7 Å². The minimum Gasteiger partial charge on any atom is -0.392 e. The minimum atomic E-state index is -0.440. The molecule has 0 spiro atoms. The van der Waals surface area contributed by atoms with Gasteiger partial charge in [-0.15, -0.1) is 0 Å². The summed E-state index contributed by atoms with van der Waals surface area (Å²) in [7, 11) is 0. The zero-order valence-corrected chi connectivity index (χ0v) is 15.2. The first-order valence-electron chi connectivity index (χ1n) is 8.59. The van der Waals surface area contributed by atoms with Gasteiger partial charge in [0, 0.05) is 38.8 Å². The summed E-state index contributed by atoms with van der Waals surface area (Å²) in [4.78, 5) is 18.5. The zero-order valence-electron chi connectivity index (χ0n) is 15.2. The molecular weight excluding hydrogens is 292 g/mol. The van der Waals surface area contributed by atoms with E-state index in [9.17, 15) is 15.2 Å². The topological polar surface area (TPSA) is 70.8 Å². The first-order chi connectivity index (χ1) is 10.8. The molecule has 0 aromatic carbocycles. The number of carbonyl (C=O) groups is 1. The van der Waals surface area contributed by atoms with Crippen LogP contribution in [-0.4, -0.2) is 83.2 Å². The van der Waals surface area contributed by atoms with Crippen LogP contribution < -0.4 is 0 Å². The van der Waals surface area contributed by atoms with Crippen LogP contribution in [0.5, 0.6) is 0 Å². The quantitative estimate of drug-likeness (QED) is 0.749. The van der Waals surface area contributed by atoms with E-state index in [0.717, 1.165) is 13.1 Å². The number of carbonyl (C=O) groups excluding carboxylic acids is 1. The van der Waals surface area contributed by atoms with Gasteiger partial charge in [-0.2, -0.15) is 5.26 Å². The van der Waals surface area contributed by atoms with Crippen molar-refractivity contribution < 1.29 is 9.90 Å². The maximum Gasteiger partial charge on any atom is 0.236 e. The lowest BCUT2D eigenvalue weighted by atomic mass is 10.0. The maximum atomic E-state index is 12.5. The molecule has 1 N–H and O–H groups in total. The van der Waals surface area contributed by atoms with Gasteiger partial charge in [-0.3, -0.25) is 14.6 Å². The second-order valence-corrected chi connectivity index (χ2v) is 7.11. The Morgan fingerprint density at radius 2 is 1.74 bits per heavy atom. The average Bonchev–Trinajstić information content (AvgIpc) is 2.47. The van der Waals surface area contributed by atoms with Crippen LogP contribution >= 0.6 is 0 Å². The van der Waals surface area contributed by atoms with Crippen molar-refractivity contribution in [1.82, 2.24) is 14.7 Å². The first-order valence-corrected chi connectivity index (χ1v) is 8.59. The van der Waals surface area contributed by atoms with E-state index in [1.54, 1.807) is 6.92 Å². The molecule has 6 nitrogen and oxygen atoms in total. The molecule has 0 aromatic heterocycles. The van der Waals surface area contributed by atoms with Crippen molar-refractivity contribution >= 4 is 5.91 Å². The van der Waals surface area contributed by atoms with Crippen molar-refractivity contribution in [3.8, 4) is 6.07 Å². The van der Waals surface area contributed by atoms with Crippen molar-refractivity contribution in [2.24, 2.45) is 5.92 Å². The normalized spacial score (nSPS) is 19.2. The molecule has 0 saturated carbocycles. The summed E-state index contributed by atoms with van der Waals surface area (Å²) < 4.78 is 0. The highest BCUT2D eigenvalue weighted by molar-refractivity contribution is 5.78. The molecule has 0 radical (unpaired) electrons. The molecule has 132 valence electrons. The highest BCUT2D eigenvalue weighted by Gasteiger charge is 2.28. The van der Waals surface area contributed by atoms with E-state index in [4.69, 9.17) is 0 Å². The van der Waals surface area contributed by atoms with Gasteiger partial charge in [-0.05, 0) is 26.7 Å². The molecule has 23 heavy (non-hydrogen) atoms. The second kappa shape index (κ2) is 9.21. The highest BCUT2D eigenvalue weighted by atomic mass is 16.3. The Bertz CT molecular complexity index is 409. The largest absolute Gasteiger partial charge is 0.392 e. The second-order valence-electron chi connectivity index (χ2n) is 7.11. The number of amides is 1. The van der Waals surface area contributed by atoms with Crippen LogP contribution in [0.15, 0.2) is 0 Å².